The number of carbonyl (C=O) groups is 2. The van der Waals surface area contributed by atoms with Gasteiger partial charge in [-0.1, -0.05) is 6.07 Å². The fourth-order valence-electron chi connectivity index (χ4n) is 2.07. The van der Waals surface area contributed by atoms with Gasteiger partial charge in [-0.25, -0.2) is 4.79 Å². The molecule has 112 valence electrons. The van der Waals surface area contributed by atoms with Gasteiger partial charge in [0.1, 0.15) is 5.75 Å². The average molecular weight is 291 g/mol. The van der Waals surface area contributed by atoms with E-state index in [1.165, 1.54) is 13.0 Å². The summed E-state index contributed by atoms with van der Waals surface area (Å²) in [4.78, 5) is 22.5. The first-order chi connectivity index (χ1) is 9.97. The maximum atomic E-state index is 11.7. The molecule has 0 saturated carbocycles. The minimum Gasteiger partial charge on any atom is -0.493 e. The second-order valence-electron chi connectivity index (χ2n) is 4.86. The fourth-order valence-corrected chi connectivity index (χ4v) is 2.07. The Labute approximate surface area is 122 Å². The highest BCUT2D eigenvalue weighted by Crippen LogP contribution is 2.26. The minimum absolute atomic E-state index is 0.569. The van der Waals surface area contributed by atoms with E-state index in [4.69, 9.17) is 9.84 Å². The number of hydrogen-bond donors (Lipinski definition) is 3. The van der Waals surface area contributed by atoms with E-state index < -0.39 is 24.0 Å². The summed E-state index contributed by atoms with van der Waals surface area (Å²) in [6.45, 7) is 1.97. The first-order valence-corrected chi connectivity index (χ1v) is 6.62. The number of ether oxygens (including phenoxy) is 1. The molecular weight excluding hydrogens is 274 g/mol. The van der Waals surface area contributed by atoms with Crippen LogP contribution in [0.1, 0.15) is 18.1 Å². The lowest BCUT2D eigenvalue weighted by Crippen LogP contribution is -2.47. The third-order valence-electron chi connectivity index (χ3n) is 3.19. The Bertz CT molecular complexity index is 579. The van der Waals surface area contributed by atoms with Crippen molar-refractivity contribution in [1.29, 1.82) is 0 Å². The van der Waals surface area contributed by atoms with E-state index in [-0.39, 0.29) is 0 Å². The van der Waals surface area contributed by atoms with Gasteiger partial charge in [-0.3, -0.25) is 4.79 Å². The van der Waals surface area contributed by atoms with Crippen molar-refractivity contribution in [3.63, 3.8) is 0 Å². The number of nitrogens with one attached hydrogen (secondary N) is 1. The minimum atomic E-state index is -1.32. The summed E-state index contributed by atoms with van der Waals surface area (Å²) in [6, 6.07) is 4.26. The van der Waals surface area contributed by atoms with Crippen LogP contribution in [-0.4, -0.2) is 40.8 Å². The number of rotatable bonds is 5. The standard InChI is InChI=1S/C15H17NO5/c1-9(17)14(15(19)20)16-13(18)5-3-10-2-4-12-11(8-10)6-7-21-12/h2-5,8-9,14,17H,6-7H2,1H3,(H,16,18)(H,19,20)/b5-3+/t9-,14+/m1/s1. The summed E-state index contributed by atoms with van der Waals surface area (Å²) < 4.78 is 5.39. The SMILES string of the molecule is C[C@@H](O)[C@H](NC(=O)/C=C/c1ccc2c(c1)CCO2)C(=O)O. The number of fused-ring (bicyclic) bond motifs is 1. The molecule has 0 aliphatic carbocycles. The summed E-state index contributed by atoms with van der Waals surface area (Å²) in [5, 5.41) is 20.4. The maximum Gasteiger partial charge on any atom is 0.328 e. The van der Waals surface area contributed by atoms with Crippen LogP contribution in [0.4, 0.5) is 0 Å². The highest BCUT2D eigenvalue weighted by atomic mass is 16.5. The summed E-state index contributed by atoms with van der Waals surface area (Å²) in [6.07, 6.45) is 2.51. The molecule has 1 aliphatic rings. The Kier molecular flexibility index (Phi) is 4.59. The van der Waals surface area contributed by atoms with Gasteiger partial charge in [-0.2, -0.15) is 0 Å². The fraction of sp³-hybridized carbons (Fsp3) is 0.333. The van der Waals surface area contributed by atoms with E-state index in [0.29, 0.717) is 6.61 Å². The zero-order chi connectivity index (χ0) is 15.4. The van der Waals surface area contributed by atoms with E-state index >= 15 is 0 Å². The highest BCUT2D eigenvalue weighted by Gasteiger charge is 2.23. The molecule has 0 fully saturated rings. The van der Waals surface area contributed by atoms with Gasteiger partial charge in [0.05, 0.1) is 12.7 Å². The number of carbonyl (C=O) groups excluding carboxylic acids is 1. The molecule has 2 rings (SSSR count). The zero-order valence-electron chi connectivity index (χ0n) is 11.6. The molecule has 1 heterocycles. The monoisotopic (exact) mass is 291 g/mol. The number of aliphatic carboxylic acids is 1. The van der Waals surface area contributed by atoms with Gasteiger partial charge in [0.2, 0.25) is 5.91 Å². The third-order valence-corrected chi connectivity index (χ3v) is 3.19. The first-order valence-electron chi connectivity index (χ1n) is 6.62. The summed E-state index contributed by atoms with van der Waals surface area (Å²) in [5.41, 5.74) is 1.92. The number of benzene rings is 1. The van der Waals surface area contributed by atoms with Crippen molar-refractivity contribution in [3.8, 4) is 5.75 Å². The molecule has 6 heteroatoms. The largest absolute Gasteiger partial charge is 0.493 e. The van der Waals surface area contributed by atoms with Gasteiger partial charge in [-0.15, -0.1) is 0 Å². The lowest BCUT2D eigenvalue weighted by Gasteiger charge is -2.15. The van der Waals surface area contributed by atoms with Crippen LogP contribution >= 0.6 is 0 Å². The Hall–Kier alpha value is -2.34. The molecule has 0 unspecified atom stereocenters. The van der Waals surface area contributed by atoms with Crippen LogP contribution in [0, 0.1) is 0 Å². The van der Waals surface area contributed by atoms with Crippen molar-refractivity contribution in [2.24, 2.45) is 0 Å². The second kappa shape index (κ2) is 6.41. The molecule has 1 aromatic rings. The molecular formula is C15H17NO5. The molecule has 1 aromatic carbocycles. The molecule has 3 N–H and O–H groups in total. The van der Waals surface area contributed by atoms with Crippen molar-refractivity contribution in [1.82, 2.24) is 5.32 Å². The number of hydrogen-bond acceptors (Lipinski definition) is 4. The van der Waals surface area contributed by atoms with Crippen LogP contribution in [0.5, 0.6) is 5.75 Å². The molecule has 0 radical (unpaired) electrons. The summed E-state index contributed by atoms with van der Waals surface area (Å²) in [5.74, 6) is -0.988. The van der Waals surface area contributed by atoms with Crippen LogP contribution in [0.2, 0.25) is 0 Å². The number of aliphatic hydroxyl groups excluding tert-OH is 1. The van der Waals surface area contributed by atoms with Crippen molar-refractivity contribution in [3.05, 3.63) is 35.4 Å². The van der Waals surface area contributed by atoms with Gasteiger partial charge in [-0.05, 0) is 36.3 Å². The van der Waals surface area contributed by atoms with Crippen LogP contribution in [0.15, 0.2) is 24.3 Å². The van der Waals surface area contributed by atoms with Crippen molar-refractivity contribution in [2.45, 2.75) is 25.5 Å². The van der Waals surface area contributed by atoms with Gasteiger partial charge >= 0.3 is 5.97 Å². The smallest absolute Gasteiger partial charge is 0.328 e. The summed E-state index contributed by atoms with van der Waals surface area (Å²) >= 11 is 0. The number of amides is 1. The van der Waals surface area contributed by atoms with Crippen LogP contribution in [-0.2, 0) is 16.0 Å². The zero-order valence-corrected chi connectivity index (χ0v) is 11.6. The molecule has 0 saturated heterocycles. The van der Waals surface area contributed by atoms with Crippen LogP contribution in [0.25, 0.3) is 6.08 Å². The Morgan fingerprint density at radius 3 is 2.86 bits per heavy atom. The topological polar surface area (TPSA) is 95.9 Å². The normalized spacial score (nSPS) is 16.1. The van der Waals surface area contributed by atoms with Crippen molar-refractivity contribution < 1.29 is 24.5 Å². The van der Waals surface area contributed by atoms with Gasteiger partial charge in [0, 0.05) is 12.5 Å². The molecule has 1 aliphatic heterocycles. The molecule has 1 amide bonds. The van der Waals surface area contributed by atoms with Gasteiger partial charge in [0.15, 0.2) is 6.04 Å². The lowest BCUT2D eigenvalue weighted by atomic mass is 10.1. The molecule has 2 atom stereocenters. The van der Waals surface area contributed by atoms with Gasteiger partial charge < -0.3 is 20.3 Å². The van der Waals surface area contributed by atoms with Crippen molar-refractivity contribution >= 4 is 18.0 Å². The molecule has 6 nitrogen and oxygen atoms in total. The maximum absolute atomic E-state index is 11.7. The average Bonchev–Trinajstić information content (AvgIpc) is 2.89. The Morgan fingerprint density at radius 1 is 1.43 bits per heavy atom. The van der Waals surface area contributed by atoms with Gasteiger partial charge in [0.25, 0.3) is 0 Å². The second-order valence-corrected chi connectivity index (χ2v) is 4.86. The first kappa shape index (κ1) is 15.1. The third kappa shape index (κ3) is 3.82. The van der Waals surface area contributed by atoms with Crippen LogP contribution in [0.3, 0.4) is 0 Å². The van der Waals surface area contributed by atoms with E-state index in [0.717, 1.165) is 23.3 Å². The van der Waals surface area contributed by atoms with Crippen molar-refractivity contribution in [2.75, 3.05) is 6.61 Å². The number of carboxylic acids is 1. The van der Waals surface area contributed by atoms with E-state index in [1.54, 1.807) is 6.08 Å². The Balaban J connectivity index is 2.00. The predicted octanol–water partition coefficient (Wildman–Crippen LogP) is 0.585. The van der Waals surface area contributed by atoms with E-state index in [9.17, 15) is 14.7 Å². The number of aliphatic hydroxyl groups is 1. The molecule has 0 bridgehead atoms. The molecule has 0 aromatic heterocycles. The molecule has 21 heavy (non-hydrogen) atoms. The molecule has 0 spiro atoms. The highest BCUT2D eigenvalue weighted by molar-refractivity contribution is 5.94. The van der Waals surface area contributed by atoms with Crippen LogP contribution < -0.4 is 10.1 Å². The number of carboxylic acid groups (broad SMARTS) is 1. The predicted molar refractivity (Wildman–Crippen MR) is 75.9 cm³/mol. The quantitative estimate of drug-likeness (QED) is 0.690. The Morgan fingerprint density at radius 2 is 2.19 bits per heavy atom. The summed E-state index contributed by atoms with van der Waals surface area (Å²) in [7, 11) is 0. The van der Waals surface area contributed by atoms with E-state index in [1.807, 2.05) is 18.2 Å². The lowest BCUT2D eigenvalue weighted by molar-refractivity contribution is -0.144. The van der Waals surface area contributed by atoms with E-state index in [2.05, 4.69) is 5.32 Å².